The molecule has 0 spiro atoms. The molecule has 78 valence electrons. The minimum Gasteiger partial charge on any atom is -0.459 e. The van der Waals surface area contributed by atoms with Crippen molar-refractivity contribution in [2.45, 2.75) is 31.8 Å². The zero-order chi connectivity index (χ0) is 10.3. The molecule has 1 aliphatic carbocycles. The van der Waals surface area contributed by atoms with Crippen LogP contribution in [0.4, 0.5) is 0 Å². The Morgan fingerprint density at radius 1 is 1.33 bits per heavy atom. The molecule has 0 aliphatic heterocycles. The molecule has 1 aliphatic rings. The molecule has 1 heterocycles. The minimum absolute atomic E-state index is 0.324. The van der Waals surface area contributed by atoms with Gasteiger partial charge in [0.15, 0.2) is 0 Å². The van der Waals surface area contributed by atoms with E-state index < -0.39 is 0 Å². The number of hydrogen-bond acceptors (Lipinski definition) is 2. The van der Waals surface area contributed by atoms with Crippen molar-refractivity contribution in [3.8, 4) is 0 Å². The standard InChI is InChI=1S/C13H15NO/c1-9(14-11-6-7-11)13-8-10-4-2-3-5-12(10)15-13/h2-5,8-9,11,14H,6-7H2,1H3/t9-/m0/s1. The minimum atomic E-state index is 0.324. The molecule has 2 heteroatoms. The summed E-state index contributed by atoms with van der Waals surface area (Å²) in [5.41, 5.74) is 0.983. The lowest BCUT2D eigenvalue weighted by molar-refractivity contribution is 0.449. The summed E-state index contributed by atoms with van der Waals surface area (Å²) >= 11 is 0. The molecule has 0 radical (unpaired) electrons. The fraction of sp³-hybridized carbons (Fsp3) is 0.385. The summed E-state index contributed by atoms with van der Waals surface area (Å²) in [5, 5.41) is 4.73. The molecule has 1 aromatic heterocycles. The van der Waals surface area contributed by atoms with E-state index in [4.69, 9.17) is 4.42 Å². The number of fused-ring (bicyclic) bond motifs is 1. The smallest absolute Gasteiger partial charge is 0.134 e. The van der Waals surface area contributed by atoms with Gasteiger partial charge in [-0.15, -0.1) is 0 Å². The highest BCUT2D eigenvalue weighted by atomic mass is 16.3. The fourth-order valence-electron chi connectivity index (χ4n) is 1.90. The highest BCUT2D eigenvalue weighted by molar-refractivity contribution is 5.77. The molecule has 1 saturated carbocycles. The van der Waals surface area contributed by atoms with E-state index in [2.05, 4.69) is 24.4 Å². The van der Waals surface area contributed by atoms with E-state index in [0.29, 0.717) is 12.1 Å². The predicted octanol–water partition coefficient (Wildman–Crippen LogP) is 3.25. The first kappa shape index (κ1) is 8.98. The molecular weight excluding hydrogens is 186 g/mol. The summed E-state index contributed by atoms with van der Waals surface area (Å²) in [5.74, 6) is 1.04. The van der Waals surface area contributed by atoms with Crippen LogP contribution in [-0.4, -0.2) is 6.04 Å². The lowest BCUT2D eigenvalue weighted by Gasteiger charge is -2.09. The van der Waals surface area contributed by atoms with Gasteiger partial charge in [-0.25, -0.2) is 0 Å². The van der Waals surface area contributed by atoms with Gasteiger partial charge in [-0.3, -0.25) is 0 Å². The van der Waals surface area contributed by atoms with Crippen LogP contribution in [0.25, 0.3) is 11.0 Å². The first-order valence-corrected chi connectivity index (χ1v) is 5.57. The second-order valence-corrected chi connectivity index (χ2v) is 4.35. The molecule has 1 N–H and O–H groups in total. The van der Waals surface area contributed by atoms with Gasteiger partial charge in [0.05, 0.1) is 6.04 Å². The van der Waals surface area contributed by atoms with Crippen molar-refractivity contribution in [1.29, 1.82) is 0 Å². The second kappa shape index (κ2) is 3.38. The maximum Gasteiger partial charge on any atom is 0.134 e. The van der Waals surface area contributed by atoms with Crippen molar-refractivity contribution in [3.63, 3.8) is 0 Å². The maximum absolute atomic E-state index is 5.80. The van der Waals surface area contributed by atoms with E-state index >= 15 is 0 Å². The van der Waals surface area contributed by atoms with Crippen molar-refractivity contribution < 1.29 is 4.42 Å². The van der Waals surface area contributed by atoms with Crippen LogP contribution in [0.3, 0.4) is 0 Å². The molecule has 2 aromatic rings. The molecule has 3 rings (SSSR count). The molecule has 1 aromatic carbocycles. The van der Waals surface area contributed by atoms with E-state index in [9.17, 15) is 0 Å². The molecule has 1 atom stereocenters. The third-order valence-corrected chi connectivity index (χ3v) is 2.93. The van der Waals surface area contributed by atoms with Gasteiger partial charge < -0.3 is 9.73 Å². The molecule has 0 bridgehead atoms. The summed E-state index contributed by atoms with van der Waals surface area (Å²) in [6.45, 7) is 2.16. The average molecular weight is 201 g/mol. The second-order valence-electron chi connectivity index (χ2n) is 4.35. The molecule has 0 saturated heterocycles. The molecule has 15 heavy (non-hydrogen) atoms. The van der Waals surface area contributed by atoms with Crippen LogP contribution in [0, 0.1) is 0 Å². The van der Waals surface area contributed by atoms with Gasteiger partial charge in [-0.1, -0.05) is 18.2 Å². The largest absolute Gasteiger partial charge is 0.459 e. The zero-order valence-electron chi connectivity index (χ0n) is 8.86. The van der Waals surface area contributed by atoms with Crippen LogP contribution in [-0.2, 0) is 0 Å². The van der Waals surface area contributed by atoms with Gasteiger partial charge in [0.1, 0.15) is 11.3 Å². The molecule has 0 unspecified atom stereocenters. The average Bonchev–Trinajstić information content (AvgIpc) is 2.95. The Morgan fingerprint density at radius 2 is 2.13 bits per heavy atom. The molecular formula is C13H15NO. The highest BCUT2D eigenvalue weighted by Crippen LogP contribution is 2.27. The first-order chi connectivity index (χ1) is 7.33. The van der Waals surface area contributed by atoms with E-state index in [1.807, 2.05) is 18.2 Å². The predicted molar refractivity (Wildman–Crippen MR) is 60.8 cm³/mol. The summed E-state index contributed by atoms with van der Waals surface area (Å²) in [7, 11) is 0. The number of rotatable bonds is 3. The van der Waals surface area contributed by atoms with E-state index in [-0.39, 0.29) is 0 Å². The van der Waals surface area contributed by atoms with E-state index in [1.165, 1.54) is 18.2 Å². The van der Waals surface area contributed by atoms with Gasteiger partial charge in [0.2, 0.25) is 0 Å². The maximum atomic E-state index is 5.80. The lowest BCUT2D eigenvalue weighted by Crippen LogP contribution is -2.19. The van der Waals surface area contributed by atoms with Crippen LogP contribution < -0.4 is 5.32 Å². The first-order valence-electron chi connectivity index (χ1n) is 5.57. The van der Waals surface area contributed by atoms with Crippen molar-refractivity contribution in [1.82, 2.24) is 5.32 Å². The SMILES string of the molecule is C[C@H](NC1CC1)c1cc2ccccc2o1. The van der Waals surface area contributed by atoms with Gasteiger partial charge in [-0.05, 0) is 31.9 Å². The number of para-hydroxylation sites is 1. The Bertz CT molecular complexity index is 437. The third kappa shape index (κ3) is 1.77. The Kier molecular flexibility index (Phi) is 2.03. The summed E-state index contributed by atoms with van der Waals surface area (Å²) in [6, 6.07) is 11.3. The van der Waals surface area contributed by atoms with Crippen molar-refractivity contribution in [2.75, 3.05) is 0 Å². The van der Waals surface area contributed by atoms with Crippen molar-refractivity contribution >= 4 is 11.0 Å². The zero-order valence-corrected chi connectivity index (χ0v) is 8.86. The van der Waals surface area contributed by atoms with Crippen LogP contribution >= 0.6 is 0 Å². The third-order valence-electron chi connectivity index (χ3n) is 2.93. The Morgan fingerprint density at radius 3 is 2.87 bits per heavy atom. The number of hydrogen-bond donors (Lipinski definition) is 1. The summed E-state index contributed by atoms with van der Waals surface area (Å²) < 4.78 is 5.80. The molecule has 1 fully saturated rings. The van der Waals surface area contributed by atoms with Crippen molar-refractivity contribution in [2.24, 2.45) is 0 Å². The van der Waals surface area contributed by atoms with Crippen LogP contribution in [0.15, 0.2) is 34.7 Å². The van der Waals surface area contributed by atoms with Gasteiger partial charge >= 0.3 is 0 Å². The van der Waals surface area contributed by atoms with Crippen LogP contribution in [0.2, 0.25) is 0 Å². The van der Waals surface area contributed by atoms with Crippen LogP contribution in [0.5, 0.6) is 0 Å². The lowest BCUT2D eigenvalue weighted by atomic mass is 10.2. The Balaban J connectivity index is 1.89. The van der Waals surface area contributed by atoms with E-state index in [0.717, 1.165) is 11.3 Å². The molecule has 0 amide bonds. The fourth-order valence-corrected chi connectivity index (χ4v) is 1.90. The van der Waals surface area contributed by atoms with E-state index in [1.54, 1.807) is 0 Å². The highest BCUT2D eigenvalue weighted by Gasteiger charge is 2.24. The number of benzene rings is 1. The Labute approximate surface area is 89.3 Å². The Hall–Kier alpha value is -1.28. The van der Waals surface area contributed by atoms with Crippen LogP contribution in [0.1, 0.15) is 31.6 Å². The van der Waals surface area contributed by atoms with Gasteiger partial charge in [-0.2, -0.15) is 0 Å². The quantitative estimate of drug-likeness (QED) is 0.824. The van der Waals surface area contributed by atoms with Gasteiger partial charge in [0.25, 0.3) is 0 Å². The monoisotopic (exact) mass is 201 g/mol. The van der Waals surface area contributed by atoms with Gasteiger partial charge in [0, 0.05) is 11.4 Å². The summed E-state index contributed by atoms with van der Waals surface area (Å²) in [4.78, 5) is 0. The normalized spacial score (nSPS) is 18.2. The molecule has 2 nitrogen and oxygen atoms in total. The number of nitrogens with one attached hydrogen (secondary N) is 1. The summed E-state index contributed by atoms with van der Waals surface area (Å²) in [6.07, 6.45) is 2.62. The number of furan rings is 1. The van der Waals surface area contributed by atoms with Crippen molar-refractivity contribution in [3.05, 3.63) is 36.1 Å². The topological polar surface area (TPSA) is 25.2 Å².